The molecular weight excluding hydrogens is 188 g/mol. The molecule has 0 radical (unpaired) electrons. The van der Waals surface area contributed by atoms with E-state index in [1.807, 2.05) is 12.1 Å². The number of fused-ring (bicyclic) bond motifs is 1. The SMILES string of the molecule is COc1cccc2c1CC/C2=C\CCO. The molecule has 2 nitrogen and oxygen atoms in total. The van der Waals surface area contributed by atoms with Gasteiger partial charge in [0, 0.05) is 12.2 Å². The summed E-state index contributed by atoms with van der Waals surface area (Å²) in [6.07, 6.45) is 4.99. The van der Waals surface area contributed by atoms with Gasteiger partial charge in [0.05, 0.1) is 7.11 Å². The number of hydrogen-bond acceptors (Lipinski definition) is 2. The van der Waals surface area contributed by atoms with Crippen LogP contribution in [0.25, 0.3) is 5.57 Å². The third kappa shape index (κ3) is 1.90. The molecule has 1 aromatic rings. The zero-order chi connectivity index (χ0) is 10.7. The van der Waals surface area contributed by atoms with E-state index in [0.29, 0.717) is 0 Å². The van der Waals surface area contributed by atoms with Crippen molar-refractivity contribution in [3.05, 3.63) is 35.4 Å². The first kappa shape index (κ1) is 10.2. The molecule has 0 bridgehead atoms. The second kappa shape index (κ2) is 4.49. The average Bonchev–Trinajstić information content (AvgIpc) is 2.69. The van der Waals surface area contributed by atoms with Gasteiger partial charge in [-0.3, -0.25) is 0 Å². The van der Waals surface area contributed by atoms with Crippen molar-refractivity contribution in [2.24, 2.45) is 0 Å². The number of ether oxygens (including phenoxy) is 1. The van der Waals surface area contributed by atoms with E-state index >= 15 is 0 Å². The Balaban J connectivity index is 2.35. The minimum absolute atomic E-state index is 0.225. The second-order valence-electron chi connectivity index (χ2n) is 3.73. The van der Waals surface area contributed by atoms with E-state index in [1.165, 1.54) is 16.7 Å². The number of hydrogen-bond donors (Lipinski definition) is 1. The number of methoxy groups -OCH3 is 1. The zero-order valence-corrected chi connectivity index (χ0v) is 8.99. The predicted molar refractivity (Wildman–Crippen MR) is 61.0 cm³/mol. The summed E-state index contributed by atoms with van der Waals surface area (Å²) in [6, 6.07) is 6.16. The maximum absolute atomic E-state index is 8.81. The standard InChI is InChI=1S/C13H16O2/c1-15-13-6-2-5-11-10(4-3-9-14)7-8-12(11)13/h2,4-6,14H,3,7-9H2,1H3/b10-4+. The van der Waals surface area contributed by atoms with E-state index < -0.39 is 0 Å². The van der Waals surface area contributed by atoms with Gasteiger partial charge in [0.15, 0.2) is 0 Å². The summed E-state index contributed by atoms with van der Waals surface area (Å²) in [7, 11) is 1.71. The van der Waals surface area contributed by atoms with Crippen LogP contribution < -0.4 is 4.74 Å². The van der Waals surface area contributed by atoms with Gasteiger partial charge in [-0.25, -0.2) is 0 Å². The van der Waals surface area contributed by atoms with E-state index in [2.05, 4.69) is 12.1 Å². The molecule has 80 valence electrons. The summed E-state index contributed by atoms with van der Waals surface area (Å²) >= 11 is 0. The van der Waals surface area contributed by atoms with Crippen LogP contribution in [0.3, 0.4) is 0 Å². The highest BCUT2D eigenvalue weighted by Crippen LogP contribution is 2.37. The van der Waals surface area contributed by atoms with Gasteiger partial charge >= 0.3 is 0 Å². The fourth-order valence-corrected chi connectivity index (χ4v) is 2.16. The Kier molecular flexibility index (Phi) is 3.07. The van der Waals surface area contributed by atoms with Gasteiger partial charge in [-0.2, -0.15) is 0 Å². The molecule has 2 rings (SSSR count). The van der Waals surface area contributed by atoms with Crippen LogP contribution in [-0.2, 0) is 6.42 Å². The lowest BCUT2D eigenvalue weighted by atomic mass is 10.1. The van der Waals surface area contributed by atoms with Gasteiger partial charge in [0.1, 0.15) is 5.75 Å². The van der Waals surface area contributed by atoms with Crippen molar-refractivity contribution >= 4 is 5.57 Å². The number of aliphatic hydroxyl groups is 1. The Morgan fingerprint density at radius 3 is 3.00 bits per heavy atom. The van der Waals surface area contributed by atoms with Crippen LogP contribution in [0, 0.1) is 0 Å². The Hall–Kier alpha value is -1.28. The Bertz CT molecular complexity index is 380. The molecule has 1 aliphatic carbocycles. The van der Waals surface area contributed by atoms with Crippen molar-refractivity contribution in [3.63, 3.8) is 0 Å². The van der Waals surface area contributed by atoms with Gasteiger partial charge in [-0.1, -0.05) is 18.2 Å². The van der Waals surface area contributed by atoms with E-state index in [0.717, 1.165) is 25.0 Å². The molecule has 1 aromatic carbocycles. The lowest BCUT2D eigenvalue weighted by Gasteiger charge is -2.06. The molecule has 0 fully saturated rings. The Labute approximate surface area is 90.2 Å². The van der Waals surface area contributed by atoms with Crippen molar-refractivity contribution in [1.29, 1.82) is 0 Å². The monoisotopic (exact) mass is 204 g/mol. The molecule has 0 amide bonds. The van der Waals surface area contributed by atoms with Crippen molar-refractivity contribution < 1.29 is 9.84 Å². The molecule has 1 aliphatic rings. The van der Waals surface area contributed by atoms with Crippen molar-refractivity contribution in [2.45, 2.75) is 19.3 Å². The third-order valence-corrected chi connectivity index (χ3v) is 2.86. The first-order valence-corrected chi connectivity index (χ1v) is 5.33. The molecule has 1 N–H and O–H groups in total. The topological polar surface area (TPSA) is 29.5 Å². The summed E-state index contributed by atoms with van der Waals surface area (Å²) in [5.74, 6) is 0.986. The van der Waals surface area contributed by atoms with Gasteiger partial charge < -0.3 is 9.84 Å². The summed E-state index contributed by atoms with van der Waals surface area (Å²) in [4.78, 5) is 0. The maximum Gasteiger partial charge on any atom is 0.122 e. The van der Waals surface area contributed by atoms with Crippen molar-refractivity contribution in [3.8, 4) is 5.75 Å². The van der Waals surface area contributed by atoms with Crippen LogP contribution in [0.5, 0.6) is 5.75 Å². The maximum atomic E-state index is 8.81. The molecule has 0 spiro atoms. The smallest absolute Gasteiger partial charge is 0.122 e. The highest BCUT2D eigenvalue weighted by atomic mass is 16.5. The highest BCUT2D eigenvalue weighted by Gasteiger charge is 2.18. The van der Waals surface area contributed by atoms with Gasteiger partial charge in [-0.15, -0.1) is 0 Å². The number of aliphatic hydroxyl groups excluding tert-OH is 1. The highest BCUT2D eigenvalue weighted by molar-refractivity contribution is 5.74. The summed E-state index contributed by atoms with van der Waals surface area (Å²) < 4.78 is 5.33. The minimum atomic E-state index is 0.225. The van der Waals surface area contributed by atoms with Gasteiger partial charge in [0.2, 0.25) is 0 Å². The second-order valence-corrected chi connectivity index (χ2v) is 3.73. The van der Waals surface area contributed by atoms with E-state index in [9.17, 15) is 0 Å². The van der Waals surface area contributed by atoms with Gasteiger partial charge in [0.25, 0.3) is 0 Å². The summed E-state index contributed by atoms with van der Waals surface area (Å²) in [5, 5.41) is 8.81. The predicted octanol–water partition coefficient (Wildman–Crippen LogP) is 2.41. The molecule has 0 saturated heterocycles. The summed E-state index contributed by atoms with van der Waals surface area (Å²) in [5.41, 5.74) is 3.95. The van der Waals surface area contributed by atoms with E-state index in [1.54, 1.807) is 7.11 Å². The molecular formula is C13H16O2. The normalized spacial score (nSPS) is 16.8. The quantitative estimate of drug-likeness (QED) is 0.819. The third-order valence-electron chi connectivity index (χ3n) is 2.86. The number of allylic oxidation sites excluding steroid dienone is 1. The zero-order valence-electron chi connectivity index (χ0n) is 8.99. The Morgan fingerprint density at radius 2 is 2.27 bits per heavy atom. The molecule has 0 unspecified atom stereocenters. The number of benzene rings is 1. The van der Waals surface area contributed by atoms with Crippen LogP contribution in [0.4, 0.5) is 0 Å². The first-order valence-electron chi connectivity index (χ1n) is 5.33. The van der Waals surface area contributed by atoms with Crippen LogP contribution in [-0.4, -0.2) is 18.8 Å². The van der Waals surface area contributed by atoms with Crippen molar-refractivity contribution in [2.75, 3.05) is 13.7 Å². The van der Waals surface area contributed by atoms with E-state index in [4.69, 9.17) is 9.84 Å². The minimum Gasteiger partial charge on any atom is -0.496 e. The van der Waals surface area contributed by atoms with Gasteiger partial charge in [-0.05, 0) is 36.5 Å². The van der Waals surface area contributed by atoms with Crippen LogP contribution >= 0.6 is 0 Å². The van der Waals surface area contributed by atoms with Crippen LogP contribution in [0.2, 0.25) is 0 Å². The summed E-state index contributed by atoms with van der Waals surface area (Å²) in [6.45, 7) is 0.225. The van der Waals surface area contributed by atoms with Crippen molar-refractivity contribution in [1.82, 2.24) is 0 Å². The average molecular weight is 204 g/mol. The number of rotatable bonds is 3. The van der Waals surface area contributed by atoms with Crippen LogP contribution in [0.1, 0.15) is 24.0 Å². The molecule has 2 heteroatoms. The van der Waals surface area contributed by atoms with E-state index in [-0.39, 0.29) is 6.61 Å². The lowest BCUT2D eigenvalue weighted by Crippen LogP contribution is -1.89. The molecule has 15 heavy (non-hydrogen) atoms. The van der Waals surface area contributed by atoms with Crippen LogP contribution in [0.15, 0.2) is 24.3 Å². The molecule has 0 aliphatic heterocycles. The molecule has 0 aromatic heterocycles. The molecule has 0 heterocycles. The molecule has 0 saturated carbocycles. The Morgan fingerprint density at radius 1 is 1.40 bits per heavy atom. The fraction of sp³-hybridized carbons (Fsp3) is 0.385. The largest absolute Gasteiger partial charge is 0.496 e. The fourth-order valence-electron chi connectivity index (χ4n) is 2.16. The molecule has 0 atom stereocenters. The first-order chi connectivity index (χ1) is 7.36. The lowest BCUT2D eigenvalue weighted by molar-refractivity contribution is 0.302.